The van der Waals surface area contributed by atoms with Crippen LogP contribution in [0.2, 0.25) is 0 Å². The molecule has 334 valence electrons. The third kappa shape index (κ3) is 5.36. The van der Waals surface area contributed by atoms with Crippen LogP contribution in [0.1, 0.15) is 22.3 Å². The average Bonchev–Trinajstić information content (AvgIpc) is 4.10. The smallest absolute Gasteiger partial charge is 0.235 e. The zero-order chi connectivity index (χ0) is 47.1. The lowest BCUT2D eigenvalue weighted by Crippen LogP contribution is -2.32. The Morgan fingerprint density at radius 2 is 1.03 bits per heavy atom. The van der Waals surface area contributed by atoms with Crippen LogP contribution in [0.5, 0.6) is 11.5 Å². The molecule has 14 aromatic rings. The number of rotatable bonds is 4. The summed E-state index contributed by atoms with van der Waals surface area (Å²) in [6.07, 6.45) is 0. The predicted octanol–water partition coefficient (Wildman–Crippen LogP) is 17.2. The van der Waals surface area contributed by atoms with E-state index < -0.39 is 5.41 Å². The summed E-state index contributed by atoms with van der Waals surface area (Å²) in [6.45, 7) is 0. The van der Waals surface area contributed by atoms with Crippen LogP contribution in [0.4, 0.5) is 0 Å². The number of hydrogen-bond acceptors (Lipinski definition) is 4. The van der Waals surface area contributed by atoms with Gasteiger partial charge in [-0.15, -0.1) is 0 Å². The Balaban J connectivity index is 0.959. The first-order valence-corrected chi connectivity index (χ1v) is 24.5. The van der Waals surface area contributed by atoms with Gasteiger partial charge in [0.15, 0.2) is 0 Å². The van der Waals surface area contributed by atoms with Gasteiger partial charge in [0.05, 0.1) is 27.7 Å². The minimum absolute atomic E-state index is 0.580. The lowest BCUT2D eigenvalue weighted by Gasteiger charge is -2.39. The van der Waals surface area contributed by atoms with E-state index in [0.29, 0.717) is 5.95 Å². The molecule has 5 heteroatoms. The SMILES string of the molecule is c1ccc(-c2nc(-n3c4ccc(-c5cc6ccccc6c6c5oc5ccccc56)cc4c4ccc(-c5ccc6c(c5)C5(c7ccccc7Oc7ccccc75)c5ccccc5-6)cc43)nc3ccccc23)cc1. The van der Waals surface area contributed by atoms with Crippen molar-refractivity contribution in [3.05, 3.63) is 259 Å². The van der Waals surface area contributed by atoms with E-state index >= 15 is 0 Å². The van der Waals surface area contributed by atoms with Gasteiger partial charge in [-0.05, 0) is 104 Å². The molecule has 0 radical (unpaired) electrons. The maximum atomic E-state index is 6.78. The summed E-state index contributed by atoms with van der Waals surface area (Å²) >= 11 is 0. The number of fused-ring (bicyclic) bond motifs is 18. The van der Waals surface area contributed by atoms with Gasteiger partial charge >= 0.3 is 0 Å². The fraction of sp³-hybridized carbons (Fsp3) is 0.0149. The number of benzene rings is 11. The largest absolute Gasteiger partial charge is 0.457 e. The standard InChI is InChI=1S/C67H39N3O2/c1-2-16-40(17-3-1)64-49-21-7-12-26-57(49)68-66(69-64)70-58-35-32-44(51-36-43-18-4-5-19-45(43)63-50-22-8-13-27-60(50)72-65(51)63)37-52(58)48-34-31-42(39-59(48)70)41-30-33-47-46-20-6-9-23-53(46)67(56(47)38-41)54-24-10-14-28-61(54)71-62-29-15-11-25-55(62)67/h1-39H. The highest BCUT2D eigenvalue weighted by Crippen LogP contribution is 2.62. The second kappa shape index (κ2) is 14.7. The molecule has 0 fully saturated rings. The Labute approximate surface area is 413 Å². The molecule has 1 aliphatic heterocycles. The van der Waals surface area contributed by atoms with Crippen LogP contribution in [0, 0.1) is 0 Å². The van der Waals surface area contributed by atoms with Crippen LogP contribution in [0.25, 0.3) is 116 Å². The quantitative estimate of drug-likeness (QED) is 0.176. The number of aromatic nitrogens is 3. The van der Waals surface area contributed by atoms with Gasteiger partial charge in [0, 0.05) is 49.2 Å². The summed E-state index contributed by atoms with van der Waals surface area (Å²) in [6, 6.07) is 84.8. The molecule has 0 unspecified atom stereocenters. The molecule has 16 rings (SSSR count). The van der Waals surface area contributed by atoms with Crippen molar-refractivity contribution in [1.82, 2.24) is 14.5 Å². The fourth-order valence-electron chi connectivity index (χ4n) is 12.4. The van der Waals surface area contributed by atoms with Gasteiger partial charge in [-0.25, -0.2) is 9.97 Å². The van der Waals surface area contributed by atoms with Crippen LogP contribution in [0.15, 0.2) is 241 Å². The van der Waals surface area contributed by atoms with Crippen molar-refractivity contribution in [2.24, 2.45) is 0 Å². The van der Waals surface area contributed by atoms with E-state index in [2.05, 4.69) is 229 Å². The third-order valence-corrected chi connectivity index (χ3v) is 15.5. The number of furan rings is 1. The fourth-order valence-corrected chi connectivity index (χ4v) is 12.4. The van der Waals surface area contributed by atoms with E-state index in [0.717, 1.165) is 111 Å². The number of nitrogens with zero attached hydrogens (tertiary/aromatic N) is 3. The Bertz CT molecular complexity index is 4570. The molecule has 0 saturated carbocycles. The number of para-hydroxylation sites is 4. The zero-order valence-corrected chi connectivity index (χ0v) is 38.7. The van der Waals surface area contributed by atoms with Crippen molar-refractivity contribution in [2.75, 3.05) is 0 Å². The highest BCUT2D eigenvalue weighted by Gasteiger charge is 2.51. The molecule has 72 heavy (non-hydrogen) atoms. The molecule has 0 amide bonds. The van der Waals surface area contributed by atoms with Crippen LogP contribution < -0.4 is 4.74 Å². The molecular weight excluding hydrogens is 879 g/mol. The summed E-state index contributed by atoms with van der Waals surface area (Å²) < 4.78 is 15.7. The van der Waals surface area contributed by atoms with E-state index in [-0.39, 0.29) is 0 Å². The highest BCUT2D eigenvalue weighted by atomic mass is 16.5. The molecule has 4 heterocycles. The van der Waals surface area contributed by atoms with Crippen LogP contribution >= 0.6 is 0 Å². The average molecular weight is 918 g/mol. The first-order chi connectivity index (χ1) is 35.7. The minimum Gasteiger partial charge on any atom is -0.457 e. The van der Waals surface area contributed by atoms with Gasteiger partial charge in [-0.2, -0.15) is 0 Å². The minimum atomic E-state index is -0.580. The molecule has 5 nitrogen and oxygen atoms in total. The second-order valence-corrected chi connectivity index (χ2v) is 19.2. The Morgan fingerprint density at radius 3 is 1.88 bits per heavy atom. The van der Waals surface area contributed by atoms with Crippen LogP contribution in [-0.4, -0.2) is 14.5 Å². The second-order valence-electron chi connectivity index (χ2n) is 19.2. The van der Waals surface area contributed by atoms with Crippen LogP contribution in [-0.2, 0) is 5.41 Å². The van der Waals surface area contributed by atoms with Crippen molar-refractivity contribution >= 4 is 65.4 Å². The molecule has 0 atom stereocenters. The lowest BCUT2D eigenvalue weighted by molar-refractivity contribution is 0.436. The van der Waals surface area contributed by atoms with Gasteiger partial charge < -0.3 is 9.15 Å². The summed E-state index contributed by atoms with van der Waals surface area (Å²) in [5.74, 6) is 2.37. The van der Waals surface area contributed by atoms with Gasteiger partial charge in [0.25, 0.3) is 0 Å². The molecule has 1 spiro atoms. The summed E-state index contributed by atoms with van der Waals surface area (Å²) in [5, 5.41) is 7.81. The molecule has 0 bridgehead atoms. The van der Waals surface area contributed by atoms with E-state index in [1.807, 2.05) is 12.1 Å². The van der Waals surface area contributed by atoms with E-state index in [4.69, 9.17) is 19.1 Å². The Morgan fingerprint density at radius 1 is 0.375 bits per heavy atom. The van der Waals surface area contributed by atoms with Gasteiger partial charge in [-0.3, -0.25) is 4.57 Å². The molecule has 0 saturated heterocycles. The van der Waals surface area contributed by atoms with Crippen molar-refractivity contribution in [2.45, 2.75) is 5.41 Å². The van der Waals surface area contributed by atoms with E-state index in [1.165, 1.54) is 33.0 Å². The summed E-state index contributed by atoms with van der Waals surface area (Å²) in [4.78, 5) is 10.9. The molecular formula is C67H39N3O2. The first-order valence-electron chi connectivity index (χ1n) is 24.5. The Hall–Kier alpha value is -9.58. The molecule has 3 aromatic heterocycles. The predicted molar refractivity (Wildman–Crippen MR) is 292 cm³/mol. The van der Waals surface area contributed by atoms with Crippen molar-refractivity contribution in [1.29, 1.82) is 0 Å². The monoisotopic (exact) mass is 917 g/mol. The van der Waals surface area contributed by atoms with Crippen molar-refractivity contribution < 1.29 is 9.15 Å². The molecule has 1 aliphatic carbocycles. The van der Waals surface area contributed by atoms with E-state index in [1.54, 1.807) is 0 Å². The maximum absolute atomic E-state index is 6.78. The molecule has 11 aromatic carbocycles. The van der Waals surface area contributed by atoms with Crippen molar-refractivity contribution in [3.8, 4) is 62.1 Å². The highest BCUT2D eigenvalue weighted by molar-refractivity contribution is 6.23. The molecule has 2 aliphatic rings. The van der Waals surface area contributed by atoms with E-state index in [9.17, 15) is 0 Å². The lowest BCUT2D eigenvalue weighted by atomic mass is 9.66. The number of hydrogen-bond donors (Lipinski definition) is 0. The van der Waals surface area contributed by atoms with Gasteiger partial charge in [-0.1, -0.05) is 182 Å². The maximum Gasteiger partial charge on any atom is 0.235 e. The van der Waals surface area contributed by atoms with Crippen LogP contribution in [0.3, 0.4) is 0 Å². The topological polar surface area (TPSA) is 53.1 Å². The molecule has 0 N–H and O–H groups in total. The zero-order valence-electron chi connectivity index (χ0n) is 38.7. The Kier molecular flexibility index (Phi) is 8.03. The van der Waals surface area contributed by atoms with Gasteiger partial charge in [0.2, 0.25) is 5.95 Å². The number of ether oxygens (including phenoxy) is 1. The normalized spacial score (nSPS) is 13.2. The third-order valence-electron chi connectivity index (χ3n) is 15.5. The first kappa shape index (κ1) is 39.3. The van der Waals surface area contributed by atoms with Gasteiger partial charge in [0.1, 0.15) is 22.7 Å². The van der Waals surface area contributed by atoms with Crippen molar-refractivity contribution in [3.63, 3.8) is 0 Å². The summed E-state index contributed by atoms with van der Waals surface area (Å²) in [7, 11) is 0. The summed E-state index contributed by atoms with van der Waals surface area (Å²) in [5.41, 5.74) is 17.6.